The van der Waals surface area contributed by atoms with Crippen LogP contribution in [0.1, 0.15) is 31.1 Å². The lowest BCUT2D eigenvalue weighted by Gasteiger charge is -2.24. The Hall–Kier alpha value is -1.79. The largest absolute Gasteiger partial charge is 0.502 e. The first-order chi connectivity index (χ1) is 9.26. The summed E-state index contributed by atoms with van der Waals surface area (Å²) in [5.74, 6) is -0.0695. The highest BCUT2D eigenvalue weighted by Gasteiger charge is 2.18. The summed E-state index contributed by atoms with van der Waals surface area (Å²) in [6.45, 7) is 5.20. The molecule has 0 radical (unpaired) electrons. The van der Waals surface area contributed by atoms with Crippen molar-refractivity contribution in [3.63, 3.8) is 0 Å². The van der Waals surface area contributed by atoms with E-state index in [1.165, 1.54) is 19.2 Å². The molecule has 0 saturated heterocycles. The molecule has 0 saturated carbocycles. The second kappa shape index (κ2) is 6.58. The van der Waals surface area contributed by atoms with Crippen LogP contribution in [-0.2, 0) is 4.74 Å². The van der Waals surface area contributed by atoms with Gasteiger partial charge in [0.2, 0.25) is 5.75 Å². The van der Waals surface area contributed by atoms with E-state index in [0.29, 0.717) is 11.8 Å². The predicted molar refractivity (Wildman–Crippen MR) is 72.4 cm³/mol. The van der Waals surface area contributed by atoms with E-state index in [1.807, 2.05) is 0 Å². The molecule has 0 bridgehead atoms. The zero-order valence-electron chi connectivity index (χ0n) is 12.0. The van der Waals surface area contributed by atoms with Crippen LogP contribution in [0.3, 0.4) is 0 Å². The van der Waals surface area contributed by atoms with Crippen molar-refractivity contribution in [2.45, 2.75) is 32.7 Å². The number of benzene rings is 1. The van der Waals surface area contributed by atoms with Crippen molar-refractivity contribution in [3.8, 4) is 17.2 Å². The van der Waals surface area contributed by atoms with Gasteiger partial charge in [-0.15, -0.1) is 0 Å². The van der Waals surface area contributed by atoms with E-state index < -0.39 is 11.9 Å². The number of hydrogen-bond donors (Lipinski definition) is 2. The molecule has 6 nitrogen and oxygen atoms in total. The van der Waals surface area contributed by atoms with Gasteiger partial charge >= 0.3 is 0 Å². The summed E-state index contributed by atoms with van der Waals surface area (Å²) in [5, 5.41) is 19.5. The summed E-state index contributed by atoms with van der Waals surface area (Å²) >= 11 is 0. The van der Waals surface area contributed by atoms with Gasteiger partial charge in [-0.2, -0.15) is 0 Å². The number of rotatable bonds is 6. The highest BCUT2D eigenvalue weighted by atomic mass is 16.6. The standard InChI is InChI=1S/C14H20O6/c1-14(2,3)20-12(16)8-19-11-6-9(7-15)5-10(18-4)13(11)17/h5-7,12,16-17H,8H2,1-4H3. The molecule has 112 valence electrons. The number of carbonyl (C=O) groups excluding carboxylic acids is 1. The third-order valence-corrected chi connectivity index (χ3v) is 2.29. The van der Waals surface area contributed by atoms with Gasteiger partial charge in [-0.25, -0.2) is 0 Å². The maximum absolute atomic E-state index is 10.8. The number of phenolic OH excluding ortho intramolecular Hbond substituents is 1. The zero-order chi connectivity index (χ0) is 15.3. The minimum absolute atomic E-state index is 0.0445. The SMILES string of the molecule is COc1cc(C=O)cc(OCC(O)OC(C)(C)C)c1O. The first-order valence-electron chi connectivity index (χ1n) is 6.11. The minimum atomic E-state index is -1.15. The summed E-state index contributed by atoms with van der Waals surface area (Å²) in [6, 6.07) is 2.74. The van der Waals surface area contributed by atoms with Crippen molar-refractivity contribution in [1.82, 2.24) is 0 Å². The molecule has 2 N–H and O–H groups in total. The van der Waals surface area contributed by atoms with E-state index in [4.69, 9.17) is 14.2 Å². The van der Waals surface area contributed by atoms with Crippen LogP contribution >= 0.6 is 0 Å². The van der Waals surface area contributed by atoms with Gasteiger partial charge in [-0.1, -0.05) is 0 Å². The van der Waals surface area contributed by atoms with Crippen molar-refractivity contribution in [2.75, 3.05) is 13.7 Å². The summed E-state index contributed by atoms with van der Waals surface area (Å²) < 4.78 is 15.5. The summed E-state index contributed by atoms with van der Waals surface area (Å²) in [6.07, 6.45) is -0.544. The van der Waals surface area contributed by atoms with Gasteiger partial charge in [0.25, 0.3) is 0 Å². The molecule has 0 aliphatic rings. The molecule has 0 amide bonds. The Kier molecular flexibility index (Phi) is 5.35. The fraction of sp³-hybridized carbons (Fsp3) is 0.500. The van der Waals surface area contributed by atoms with E-state index in [2.05, 4.69) is 0 Å². The highest BCUT2D eigenvalue weighted by molar-refractivity contribution is 5.78. The fourth-order valence-electron chi connectivity index (χ4n) is 1.54. The first kappa shape index (κ1) is 16.3. The molecule has 6 heteroatoms. The maximum Gasteiger partial charge on any atom is 0.200 e. The van der Waals surface area contributed by atoms with E-state index in [-0.39, 0.29) is 23.9 Å². The molecule has 1 rings (SSSR count). The predicted octanol–water partition coefficient (Wildman–Crippen LogP) is 1.73. The smallest absolute Gasteiger partial charge is 0.200 e. The molecule has 0 aliphatic heterocycles. The molecular formula is C14H20O6. The molecule has 1 aromatic carbocycles. The van der Waals surface area contributed by atoms with Crippen molar-refractivity contribution in [3.05, 3.63) is 17.7 Å². The number of aliphatic hydroxyl groups excluding tert-OH is 1. The highest BCUT2D eigenvalue weighted by Crippen LogP contribution is 2.37. The molecule has 0 spiro atoms. The lowest BCUT2D eigenvalue weighted by Crippen LogP contribution is -2.31. The number of phenols is 1. The number of ether oxygens (including phenoxy) is 3. The second-order valence-electron chi connectivity index (χ2n) is 5.18. The summed E-state index contributed by atoms with van der Waals surface area (Å²) in [7, 11) is 1.37. The van der Waals surface area contributed by atoms with Crippen molar-refractivity contribution >= 4 is 6.29 Å². The van der Waals surface area contributed by atoms with E-state index in [1.54, 1.807) is 20.8 Å². The van der Waals surface area contributed by atoms with Crippen molar-refractivity contribution < 1.29 is 29.2 Å². The van der Waals surface area contributed by atoms with Crippen LogP contribution in [0.2, 0.25) is 0 Å². The Morgan fingerprint density at radius 2 is 1.90 bits per heavy atom. The molecular weight excluding hydrogens is 264 g/mol. The minimum Gasteiger partial charge on any atom is -0.502 e. The zero-order valence-corrected chi connectivity index (χ0v) is 12.0. The topological polar surface area (TPSA) is 85.2 Å². The maximum atomic E-state index is 10.8. The van der Waals surface area contributed by atoms with Gasteiger partial charge in [0.15, 0.2) is 17.8 Å². The summed E-state index contributed by atoms with van der Waals surface area (Å²) in [4.78, 5) is 10.8. The lowest BCUT2D eigenvalue weighted by atomic mass is 10.2. The van der Waals surface area contributed by atoms with Gasteiger partial charge < -0.3 is 24.4 Å². The number of carbonyl (C=O) groups is 1. The Morgan fingerprint density at radius 3 is 2.40 bits per heavy atom. The number of aromatic hydroxyl groups is 1. The molecule has 1 unspecified atom stereocenters. The third-order valence-electron chi connectivity index (χ3n) is 2.29. The molecule has 0 heterocycles. The fourth-order valence-corrected chi connectivity index (χ4v) is 1.54. The quantitative estimate of drug-likeness (QED) is 0.611. The van der Waals surface area contributed by atoms with Gasteiger partial charge in [0.05, 0.1) is 12.7 Å². The number of aldehydes is 1. The van der Waals surface area contributed by atoms with Crippen LogP contribution in [0.5, 0.6) is 17.2 Å². The van der Waals surface area contributed by atoms with Crippen LogP contribution in [-0.4, -0.2) is 42.1 Å². The average Bonchev–Trinajstić information content (AvgIpc) is 2.35. The van der Waals surface area contributed by atoms with Crippen molar-refractivity contribution in [1.29, 1.82) is 0 Å². The molecule has 20 heavy (non-hydrogen) atoms. The monoisotopic (exact) mass is 284 g/mol. The molecule has 0 fully saturated rings. The average molecular weight is 284 g/mol. The molecule has 1 aromatic rings. The van der Waals surface area contributed by atoms with Crippen LogP contribution in [0.15, 0.2) is 12.1 Å². The Bertz CT molecular complexity index is 463. The van der Waals surface area contributed by atoms with Crippen molar-refractivity contribution in [2.24, 2.45) is 0 Å². The van der Waals surface area contributed by atoms with E-state index >= 15 is 0 Å². The van der Waals surface area contributed by atoms with Crippen LogP contribution in [0, 0.1) is 0 Å². The Labute approximate surface area is 117 Å². The first-order valence-corrected chi connectivity index (χ1v) is 6.11. The lowest BCUT2D eigenvalue weighted by molar-refractivity contribution is -0.178. The van der Waals surface area contributed by atoms with Gasteiger partial charge in [0, 0.05) is 5.56 Å². The van der Waals surface area contributed by atoms with E-state index in [0.717, 1.165) is 0 Å². The second-order valence-corrected chi connectivity index (χ2v) is 5.18. The third kappa shape index (κ3) is 4.71. The Morgan fingerprint density at radius 1 is 1.30 bits per heavy atom. The van der Waals surface area contributed by atoms with Crippen LogP contribution in [0.25, 0.3) is 0 Å². The molecule has 0 aliphatic carbocycles. The van der Waals surface area contributed by atoms with Gasteiger partial charge in [0.1, 0.15) is 12.9 Å². The van der Waals surface area contributed by atoms with Gasteiger partial charge in [-0.3, -0.25) is 4.79 Å². The van der Waals surface area contributed by atoms with Gasteiger partial charge in [-0.05, 0) is 32.9 Å². The number of hydrogen-bond acceptors (Lipinski definition) is 6. The molecule has 0 aromatic heterocycles. The number of methoxy groups -OCH3 is 1. The van der Waals surface area contributed by atoms with E-state index in [9.17, 15) is 15.0 Å². The normalized spacial score (nSPS) is 12.8. The molecule has 1 atom stereocenters. The number of aliphatic hydroxyl groups is 1. The Balaban J connectivity index is 2.79. The summed E-state index contributed by atoms with van der Waals surface area (Å²) in [5.41, 5.74) is -0.228. The van der Waals surface area contributed by atoms with Crippen LogP contribution in [0.4, 0.5) is 0 Å². The van der Waals surface area contributed by atoms with Crippen LogP contribution < -0.4 is 9.47 Å².